The van der Waals surface area contributed by atoms with Gasteiger partial charge in [-0.25, -0.2) is 0 Å². The van der Waals surface area contributed by atoms with E-state index in [0.717, 1.165) is 19.4 Å². The van der Waals surface area contributed by atoms with Crippen LogP contribution in [0.15, 0.2) is 17.5 Å². The van der Waals surface area contributed by atoms with Crippen LogP contribution in [-0.4, -0.2) is 43.7 Å². The van der Waals surface area contributed by atoms with Crippen LogP contribution >= 0.6 is 11.3 Å². The second-order valence-electron chi connectivity index (χ2n) is 5.97. The largest absolute Gasteiger partial charge is 0.389 e. The van der Waals surface area contributed by atoms with Crippen LogP contribution in [0, 0.1) is 5.92 Å². The van der Waals surface area contributed by atoms with Crippen molar-refractivity contribution < 1.29 is 14.6 Å². The van der Waals surface area contributed by atoms with Crippen molar-refractivity contribution in [2.45, 2.75) is 44.9 Å². The van der Waals surface area contributed by atoms with Crippen molar-refractivity contribution in [3.05, 3.63) is 22.4 Å². The zero-order valence-electron chi connectivity index (χ0n) is 13.0. The van der Waals surface area contributed by atoms with Gasteiger partial charge in [0.05, 0.1) is 25.4 Å². The van der Waals surface area contributed by atoms with E-state index in [2.05, 4.69) is 36.7 Å². The number of aliphatic hydroxyl groups excluding tert-OH is 1. The summed E-state index contributed by atoms with van der Waals surface area (Å²) >= 11 is 1.75. The highest BCUT2D eigenvalue weighted by Crippen LogP contribution is 2.25. The molecule has 0 saturated carbocycles. The van der Waals surface area contributed by atoms with E-state index in [1.54, 1.807) is 11.3 Å². The van der Waals surface area contributed by atoms with Gasteiger partial charge in [0.1, 0.15) is 0 Å². The zero-order chi connectivity index (χ0) is 15.1. The Labute approximate surface area is 131 Å². The molecule has 5 heteroatoms. The maximum atomic E-state index is 10.0. The van der Waals surface area contributed by atoms with Crippen LogP contribution in [0.3, 0.4) is 0 Å². The summed E-state index contributed by atoms with van der Waals surface area (Å²) in [5.41, 5.74) is 0. The van der Waals surface area contributed by atoms with Gasteiger partial charge in [-0.3, -0.25) is 0 Å². The molecule has 1 aromatic rings. The average molecular weight is 313 g/mol. The van der Waals surface area contributed by atoms with Gasteiger partial charge in [-0.15, -0.1) is 11.3 Å². The SMILES string of the molecule is CC(C)C(NCC(O)COCC1CCCO1)c1cccs1. The molecule has 0 aromatic carbocycles. The summed E-state index contributed by atoms with van der Waals surface area (Å²) in [7, 11) is 0. The number of nitrogens with one attached hydrogen (secondary N) is 1. The Morgan fingerprint density at radius 2 is 2.38 bits per heavy atom. The van der Waals surface area contributed by atoms with Crippen LogP contribution in [0.25, 0.3) is 0 Å². The average Bonchev–Trinajstić information content (AvgIpc) is 3.11. The van der Waals surface area contributed by atoms with Crippen molar-refractivity contribution in [1.29, 1.82) is 0 Å². The molecular weight excluding hydrogens is 286 g/mol. The van der Waals surface area contributed by atoms with Gasteiger partial charge < -0.3 is 19.9 Å². The molecule has 120 valence electrons. The van der Waals surface area contributed by atoms with Gasteiger partial charge in [0, 0.05) is 24.1 Å². The summed E-state index contributed by atoms with van der Waals surface area (Å²) in [6.07, 6.45) is 1.93. The number of aliphatic hydroxyl groups is 1. The van der Waals surface area contributed by atoms with E-state index >= 15 is 0 Å². The zero-order valence-corrected chi connectivity index (χ0v) is 13.8. The summed E-state index contributed by atoms with van der Waals surface area (Å²) in [5, 5.41) is 15.6. The highest BCUT2D eigenvalue weighted by molar-refractivity contribution is 7.10. The van der Waals surface area contributed by atoms with Gasteiger partial charge in [-0.05, 0) is 30.2 Å². The standard InChI is InChI=1S/C16H27NO3S/c1-12(2)16(15-6-4-8-21-15)17-9-13(18)10-19-11-14-5-3-7-20-14/h4,6,8,12-14,16-18H,3,5,7,9-11H2,1-2H3. The van der Waals surface area contributed by atoms with E-state index in [0.29, 0.717) is 25.7 Å². The molecule has 0 aliphatic carbocycles. The third kappa shape index (κ3) is 5.68. The second kappa shape index (κ2) is 8.86. The third-order valence-electron chi connectivity index (χ3n) is 3.73. The molecule has 2 rings (SSSR count). The Morgan fingerprint density at radius 3 is 3.00 bits per heavy atom. The molecule has 3 atom stereocenters. The van der Waals surface area contributed by atoms with Crippen molar-refractivity contribution in [3.63, 3.8) is 0 Å². The Hall–Kier alpha value is -0.460. The number of hydrogen-bond donors (Lipinski definition) is 2. The maximum absolute atomic E-state index is 10.0. The van der Waals surface area contributed by atoms with Crippen LogP contribution < -0.4 is 5.32 Å². The predicted octanol–water partition coefficient (Wildman–Crippen LogP) is 2.59. The highest BCUT2D eigenvalue weighted by Gasteiger charge is 2.19. The fraction of sp³-hybridized carbons (Fsp3) is 0.750. The monoisotopic (exact) mass is 313 g/mol. The number of rotatable bonds is 9. The predicted molar refractivity (Wildman–Crippen MR) is 85.7 cm³/mol. The van der Waals surface area contributed by atoms with Crippen molar-refractivity contribution in [1.82, 2.24) is 5.32 Å². The normalized spacial score (nSPS) is 21.8. The summed E-state index contributed by atoms with van der Waals surface area (Å²) in [5.74, 6) is 0.489. The summed E-state index contributed by atoms with van der Waals surface area (Å²) in [4.78, 5) is 1.32. The van der Waals surface area contributed by atoms with E-state index in [9.17, 15) is 5.11 Å². The first-order chi connectivity index (χ1) is 10.2. The summed E-state index contributed by atoms with van der Waals surface area (Å²) < 4.78 is 11.0. The van der Waals surface area contributed by atoms with Crippen LogP contribution in [0.4, 0.5) is 0 Å². The van der Waals surface area contributed by atoms with E-state index in [1.165, 1.54) is 4.88 Å². The van der Waals surface area contributed by atoms with Gasteiger partial charge in [0.15, 0.2) is 0 Å². The van der Waals surface area contributed by atoms with Crippen molar-refractivity contribution >= 4 is 11.3 Å². The smallest absolute Gasteiger partial charge is 0.0897 e. The minimum Gasteiger partial charge on any atom is -0.389 e. The molecule has 1 fully saturated rings. The highest BCUT2D eigenvalue weighted by atomic mass is 32.1. The van der Waals surface area contributed by atoms with Crippen molar-refractivity contribution in [2.75, 3.05) is 26.4 Å². The fourth-order valence-corrected chi connectivity index (χ4v) is 3.54. The van der Waals surface area contributed by atoms with Gasteiger partial charge >= 0.3 is 0 Å². The summed E-state index contributed by atoms with van der Waals surface area (Å²) in [6, 6.07) is 4.50. The van der Waals surface area contributed by atoms with E-state index in [-0.39, 0.29) is 12.1 Å². The van der Waals surface area contributed by atoms with Crippen LogP contribution in [0.1, 0.15) is 37.6 Å². The minimum absolute atomic E-state index is 0.222. The first-order valence-corrected chi connectivity index (χ1v) is 8.69. The maximum Gasteiger partial charge on any atom is 0.0897 e. The molecule has 1 aliphatic heterocycles. The van der Waals surface area contributed by atoms with E-state index in [4.69, 9.17) is 9.47 Å². The third-order valence-corrected chi connectivity index (χ3v) is 4.68. The lowest BCUT2D eigenvalue weighted by atomic mass is 10.0. The topological polar surface area (TPSA) is 50.7 Å². The number of thiophene rings is 1. The van der Waals surface area contributed by atoms with Gasteiger partial charge in [0.25, 0.3) is 0 Å². The Morgan fingerprint density at radius 1 is 1.52 bits per heavy atom. The molecule has 4 nitrogen and oxygen atoms in total. The summed E-state index contributed by atoms with van der Waals surface area (Å²) in [6.45, 7) is 6.73. The quantitative estimate of drug-likeness (QED) is 0.736. The fourth-order valence-electron chi connectivity index (χ4n) is 2.57. The molecule has 0 bridgehead atoms. The first-order valence-electron chi connectivity index (χ1n) is 7.81. The Bertz CT molecular complexity index is 377. The van der Waals surface area contributed by atoms with E-state index < -0.39 is 6.10 Å². The number of ether oxygens (including phenoxy) is 2. The molecule has 1 saturated heterocycles. The van der Waals surface area contributed by atoms with E-state index in [1.807, 2.05) is 0 Å². The van der Waals surface area contributed by atoms with Crippen LogP contribution in [0.5, 0.6) is 0 Å². The molecule has 0 spiro atoms. The molecule has 3 unspecified atom stereocenters. The number of hydrogen-bond acceptors (Lipinski definition) is 5. The molecule has 21 heavy (non-hydrogen) atoms. The van der Waals surface area contributed by atoms with Crippen molar-refractivity contribution in [2.24, 2.45) is 5.92 Å². The van der Waals surface area contributed by atoms with Gasteiger partial charge in [0.2, 0.25) is 0 Å². The van der Waals surface area contributed by atoms with Crippen LogP contribution in [-0.2, 0) is 9.47 Å². The molecule has 2 heterocycles. The minimum atomic E-state index is -0.479. The van der Waals surface area contributed by atoms with Gasteiger partial charge in [-0.2, -0.15) is 0 Å². The molecular formula is C16H27NO3S. The Kier molecular flexibility index (Phi) is 7.13. The second-order valence-corrected chi connectivity index (χ2v) is 6.95. The van der Waals surface area contributed by atoms with Crippen molar-refractivity contribution in [3.8, 4) is 0 Å². The lowest BCUT2D eigenvalue weighted by Crippen LogP contribution is -2.35. The molecule has 2 N–H and O–H groups in total. The van der Waals surface area contributed by atoms with Crippen LogP contribution in [0.2, 0.25) is 0 Å². The first kappa shape index (κ1) is 16.9. The molecule has 1 aliphatic rings. The molecule has 0 amide bonds. The van der Waals surface area contributed by atoms with Gasteiger partial charge in [-0.1, -0.05) is 19.9 Å². The molecule has 1 aromatic heterocycles. The lowest BCUT2D eigenvalue weighted by molar-refractivity contribution is -0.0172. The lowest BCUT2D eigenvalue weighted by Gasteiger charge is -2.23. The Balaban J connectivity index is 1.65. The molecule has 0 radical (unpaired) electrons.